The third-order valence-electron chi connectivity index (χ3n) is 7.65. The minimum Gasteiger partial charge on any atom is -0.454 e. The van der Waals surface area contributed by atoms with Crippen molar-refractivity contribution in [2.45, 2.75) is 33.1 Å². The van der Waals surface area contributed by atoms with Crippen molar-refractivity contribution >= 4 is 21.9 Å². The number of fused-ring (bicyclic) bond motifs is 3. The van der Waals surface area contributed by atoms with Crippen LogP contribution in [0.3, 0.4) is 0 Å². The molecule has 0 aliphatic carbocycles. The highest BCUT2D eigenvalue weighted by atomic mass is 19.1. The molecule has 0 amide bonds. The average molecular weight is 526 g/mol. The quantitative estimate of drug-likeness (QED) is 0.216. The highest BCUT2D eigenvalue weighted by Crippen LogP contribution is 2.42. The first-order valence-electron chi connectivity index (χ1n) is 13.4. The van der Waals surface area contributed by atoms with Crippen molar-refractivity contribution in [2.24, 2.45) is 7.05 Å². The van der Waals surface area contributed by atoms with Gasteiger partial charge in [-0.2, -0.15) is 5.26 Å². The summed E-state index contributed by atoms with van der Waals surface area (Å²) in [7, 11) is 1.94. The van der Waals surface area contributed by atoms with Gasteiger partial charge >= 0.3 is 0 Å². The van der Waals surface area contributed by atoms with Crippen LogP contribution in [-0.2, 0) is 12.5 Å². The smallest absolute Gasteiger partial charge is 0.219 e. The lowest BCUT2D eigenvalue weighted by molar-refractivity contribution is -0.661. The second-order valence-corrected chi connectivity index (χ2v) is 11.5. The van der Waals surface area contributed by atoms with Gasteiger partial charge in [0.05, 0.1) is 22.8 Å². The highest BCUT2D eigenvalue weighted by molar-refractivity contribution is 6.13. The lowest BCUT2D eigenvalue weighted by Crippen LogP contribution is -2.34. The summed E-state index contributed by atoms with van der Waals surface area (Å²) in [5.41, 5.74) is 8.88. The van der Waals surface area contributed by atoms with Crippen molar-refractivity contribution < 1.29 is 13.4 Å². The number of hydrogen-bond donors (Lipinski definition) is 0. The predicted octanol–water partition coefficient (Wildman–Crippen LogP) is 9.03. The number of furan rings is 1. The van der Waals surface area contributed by atoms with Crippen molar-refractivity contribution in [3.05, 3.63) is 114 Å². The first-order chi connectivity index (χ1) is 19.2. The fourth-order valence-electron chi connectivity index (χ4n) is 5.56. The summed E-state index contributed by atoms with van der Waals surface area (Å²) in [5, 5.41) is 11.7. The summed E-state index contributed by atoms with van der Waals surface area (Å²) in [5.74, 6) is -0.238. The molecule has 0 aliphatic rings. The Bertz CT molecular complexity index is 1970. The van der Waals surface area contributed by atoms with Gasteiger partial charge in [0.25, 0.3) is 0 Å². The van der Waals surface area contributed by atoms with E-state index >= 15 is 4.39 Å². The van der Waals surface area contributed by atoms with Crippen molar-refractivity contribution in [1.29, 1.82) is 5.26 Å². The summed E-state index contributed by atoms with van der Waals surface area (Å²) in [6, 6.07) is 30.3. The van der Waals surface area contributed by atoms with E-state index in [-0.39, 0.29) is 11.2 Å². The maximum atomic E-state index is 15.4. The molecule has 6 aromatic rings. The van der Waals surface area contributed by atoms with Crippen LogP contribution < -0.4 is 4.57 Å². The molecular formula is C36H30FN2O+. The van der Waals surface area contributed by atoms with Gasteiger partial charge in [0.1, 0.15) is 24.0 Å². The standard InChI is InChI=1S/C36H30FN2O/c1-22-14-15-27-29-17-23(20-38)16-28(26-13-9-12-25(18-26)24-10-7-6-8-11-24)34(29)40-35(27)33(22)32-19-31(37)30(21-39(32)5)36(2,3)4/h6-19,21H,1-5H3/q+1. The Balaban J connectivity index is 1.63. The zero-order valence-electron chi connectivity index (χ0n) is 23.3. The van der Waals surface area contributed by atoms with Gasteiger partial charge in [-0.3, -0.25) is 0 Å². The van der Waals surface area contributed by atoms with E-state index in [0.717, 1.165) is 49.8 Å². The molecule has 4 heteroatoms. The number of aromatic nitrogens is 1. The number of rotatable bonds is 3. The summed E-state index contributed by atoms with van der Waals surface area (Å²) in [4.78, 5) is 0. The Morgan fingerprint density at radius 2 is 1.52 bits per heavy atom. The SMILES string of the molecule is Cc1ccc2c(oc3c(-c4cccc(-c5ccccc5)c4)cc(C#N)cc32)c1-c1cc(F)c(C(C)(C)C)c[n+]1C. The lowest BCUT2D eigenvalue weighted by Gasteiger charge is -2.18. The maximum absolute atomic E-state index is 15.4. The second-order valence-electron chi connectivity index (χ2n) is 11.5. The molecule has 2 heterocycles. The number of nitriles is 1. The predicted molar refractivity (Wildman–Crippen MR) is 159 cm³/mol. The van der Waals surface area contributed by atoms with Gasteiger partial charge in [0.15, 0.2) is 6.20 Å². The average Bonchev–Trinajstić information content (AvgIpc) is 3.32. The largest absolute Gasteiger partial charge is 0.454 e. The normalized spacial score (nSPS) is 11.7. The third kappa shape index (κ3) is 4.25. The van der Waals surface area contributed by atoms with Crippen LogP contribution in [0.25, 0.3) is 55.4 Å². The molecule has 0 bridgehead atoms. The maximum Gasteiger partial charge on any atom is 0.219 e. The number of halogens is 1. The van der Waals surface area contributed by atoms with Crippen LogP contribution in [0.1, 0.15) is 37.5 Å². The van der Waals surface area contributed by atoms with E-state index in [1.807, 2.05) is 100 Å². The molecule has 0 radical (unpaired) electrons. The Hall–Kier alpha value is -4.75. The van der Waals surface area contributed by atoms with Crippen LogP contribution >= 0.6 is 0 Å². The molecule has 2 aromatic heterocycles. The molecule has 196 valence electrons. The van der Waals surface area contributed by atoms with Crippen LogP contribution in [0.5, 0.6) is 0 Å². The number of hydrogen-bond acceptors (Lipinski definition) is 2. The first-order valence-corrected chi connectivity index (χ1v) is 13.4. The Morgan fingerprint density at radius 3 is 2.25 bits per heavy atom. The number of aryl methyl sites for hydroxylation is 2. The van der Waals surface area contributed by atoms with E-state index in [1.54, 1.807) is 6.07 Å². The summed E-state index contributed by atoms with van der Waals surface area (Å²) in [6.45, 7) is 8.05. The van der Waals surface area contributed by atoms with Crippen molar-refractivity contribution in [2.75, 3.05) is 0 Å². The van der Waals surface area contributed by atoms with Gasteiger partial charge in [-0.25, -0.2) is 8.96 Å². The molecule has 40 heavy (non-hydrogen) atoms. The van der Waals surface area contributed by atoms with E-state index in [1.165, 1.54) is 0 Å². The van der Waals surface area contributed by atoms with E-state index in [4.69, 9.17) is 4.42 Å². The fraction of sp³-hybridized carbons (Fsp3) is 0.167. The molecule has 0 spiro atoms. The van der Waals surface area contributed by atoms with Gasteiger partial charge in [0, 0.05) is 22.4 Å². The number of pyridine rings is 1. The van der Waals surface area contributed by atoms with E-state index in [0.29, 0.717) is 22.3 Å². The lowest BCUT2D eigenvalue weighted by atomic mass is 9.87. The summed E-state index contributed by atoms with van der Waals surface area (Å²) >= 11 is 0. The molecule has 0 N–H and O–H groups in total. The zero-order valence-corrected chi connectivity index (χ0v) is 23.3. The molecule has 0 unspecified atom stereocenters. The fourth-order valence-corrected chi connectivity index (χ4v) is 5.56. The van der Waals surface area contributed by atoms with E-state index in [9.17, 15) is 5.26 Å². The molecule has 0 aliphatic heterocycles. The van der Waals surface area contributed by atoms with Crippen LogP contribution in [0.4, 0.5) is 4.39 Å². The Labute approximate surface area is 233 Å². The Morgan fingerprint density at radius 1 is 0.800 bits per heavy atom. The molecule has 6 rings (SSSR count). The zero-order chi connectivity index (χ0) is 28.2. The van der Waals surface area contributed by atoms with E-state index < -0.39 is 0 Å². The molecule has 0 saturated heterocycles. The van der Waals surface area contributed by atoms with Crippen molar-refractivity contribution in [3.8, 4) is 39.6 Å². The number of benzene rings is 4. The molecule has 3 nitrogen and oxygen atoms in total. The highest BCUT2D eigenvalue weighted by Gasteiger charge is 2.28. The first kappa shape index (κ1) is 25.5. The Kier molecular flexibility index (Phi) is 6.04. The van der Waals surface area contributed by atoms with Crippen molar-refractivity contribution in [3.63, 3.8) is 0 Å². The topological polar surface area (TPSA) is 40.8 Å². The molecule has 0 fully saturated rings. The van der Waals surface area contributed by atoms with Crippen LogP contribution in [0, 0.1) is 24.1 Å². The molecular weight excluding hydrogens is 495 g/mol. The minimum atomic E-state index is -0.322. The van der Waals surface area contributed by atoms with Crippen LogP contribution in [-0.4, -0.2) is 0 Å². The van der Waals surface area contributed by atoms with Crippen LogP contribution in [0.15, 0.2) is 95.5 Å². The van der Waals surface area contributed by atoms with Gasteiger partial charge < -0.3 is 4.42 Å². The monoisotopic (exact) mass is 525 g/mol. The molecule has 0 atom stereocenters. The molecule has 4 aromatic carbocycles. The van der Waals surface area contributed by atoms with Crippen molar-refractivity contribution in [1.82, 2.24) is 0 Å². The van der Waals surface area contributed by atoms with E-state index in [2.05, 4.69) is 30.3 Å². The molecule has 0 saturated carbocycles. The second kappa shape index (κ2) is 9.47. The van der Waals surface area contributed by atoms with Gasteiger partial charge in [-0.1, -0.05) is 81.4 Å². The van der Waals surface area contributed by atoms with Gasteiger partial charge in [-0.05, 0) is 52.8 Å². The third-order valence-corrected chi connectivity index (χ3v) is 7.65. The van der Waals surface area contributed by atoms with Gasteiger partial charge in [0.2, 0.25) is 5.69 Å². The summed E-state index contributed by atoms with van der Waals surface area (Å²) < 4.78 is 24.1. The number of nitrogens with zero attached hydrogens (tertiary/aromatic N) is 2. The van der Waals surface area contributed by atoms with Crippen LogP contribution in [0.2, 0.25) is 0 Å². The minimum absolute atomic E-state index is 0.238. The summed E-state index contributed by atoms with van der Waals surface area (Å²) in [6.07, 6.45) is 1.87. The van der Waals surface area contributed by atoms with Gasteiger partial charge in [-0.15, -0.1) is 0 Å².